The molecule has 2 amide bonds. The van der Waals surface area contributed by atoms with Crippen molar-refractivity contribution < 1.29 is 9.59 Å². The van der Waals surface area contributed by atoms with Crippen molar-refractivity contribution in [2.24, 2.45) is 11.8 Å². The summed E-state index contributed by atoms with van der Waals surface area (Å²) in [5.41, 5.74) is 0.294. The van der Waals surface area contributed by atoms with Gasteiger partial charge in [0.2, 0.25) is 5.91 Å². The third kappa shape index (κ3) is 6.45. The Morgan fingerprint density at radius 1 is 1.08 bits per heavy atom. The van der Waals surface area contributed by atoms with Gasteiger partial charge in [0.15, 0.2) is 0 Å². The highest BCUT2D eigenvalue weighted by Crippen LogP contribution is 2.21. The average Bonchev–Trinajstić information content (AvgIpc) is 2.51. The lowest BCUT2D eigenvalue weighted by molar-refractivity contribution is -0.124. The first-order valence-corrected chi connectivity index (χ1v) is 9.50. The summed E-state index contributed by atoms with van der Waals surface area (Å²) in [5.74, 6) is -0.272. The van der Waals surface area contributed by atoms with Crippen molar-refractivity contribution in [2.75, 3.05) is 20.6 Å². The van der Waals surface area contributed by atoms with E-state index in [1.807, 2.05) is 27.9 Å². The highest BCUT2D eigenvalue weighted by Gasteiger charge is 2.26. The van der Waals surface area contributed by atoms with E-state index in [1.165, 1.54) is 6.07 Å². The predicted molar refractivity (Wildman–Crippen MR) is 108 cm³/mol. The standard InChI is InChI=1S/C19H29Cl2N3O2/c1-11(2)16(24(5)6)10-22-19(26)17(12(3)4)23-18(25)14-8-7-13(20)9-15(14)21/h7-9,11-12,16-17H,10H2,1-6H3,(H,22,26)(H,23,25). The van der Waals surface area contributed by atoms with Crippen LogP contribution in [0.1, 0.15) is 38.1 Å². The van der Waals surface area contributed by atoms with Crippen LogP contribution in [-0.2, 0) is 4.79 Å². The summed E-state index contributed by atoms with van der Waals surface area (Å²) in [7, 11) is 3.97. The zero-order valence-electron chi connectivity index (χ0n) is 16.3. The minimum Gasteiger partial charge on any atom is -0.353 e. The summed E-state index contributed by atoms with van der Waals surface area (Å²) in [6.45, 7) is 8.52. The van der Waals surface area contributed by atoms with Gasteiger partial charge in [-0.25, -0.2) is 0 Å². The molecule has 0 fully saturated rings. The first-order chi connectivity index (χ1) is 12.0. The number of hydrogen-bond acceptors (Lipinski definition) is 3. The van der Waals surface area contributed by atoms with E-state index in [-0.39, 0.29) is 22.9 Å². The molecule has 0 saturated heterocycles. The fraction of sp³-hybridized carbons (Fsp3) is 0.579. The topological polar surface area (TPSA) is 61.4 Å². The molecule has 1 rings (SSSR count). The first kappa shape index (κ1) is 22.7. The molecule has 0 radical (unpaired) electrons. The van der Waals surface area contributed by atoms with Crippen molar-refractivity contribution in [2.45, 2.75) is 39.8 Å². The molecule has 1 aromatic carbocycles. The number of amides is 2. The van der Waals surface area contributed by atoms with Crippen LogP contribution in [0.3, 0.4) is 0 Å². The van der Waals surface area contributed by atoms with E-state index in [4.69, 9.17) is 23.2 Å². The monoisotopic (exact) mass is 401 g/mol. The zero-order chi connectivity index (χ0) is 20.0. The SMILES string of the molecule is CC(C)C(NC(=O)c1ccc(Cl)cc1Cl)C(=O)NCC(C(C)C)N(C)C. The lowest BCUT2D eigenvalue weighted by Crippen LogP contribution is -2.52. The number of benzene rings is 1. The largest absolute Gasteiger partial charge is 0.353 e. The van der Waals surface area contributed by atoms with E-state index in [0.29, 0.717) is 23.0 Å². The molecule has 0 spiro atoms. The Hall–Kier alpha value is -1.30. The fourth-order valence-electron chi connectivity index (χ4n) is 2.76. The smallest absolute Gasteiger partial charge is 0.253 e. The molecular weight excluding hydrogens is 373 g/mol. The van der Waals surface area contributed by atoms with E-state index < -0.39 is 11.9 Å². The quantitative estimate of drug-likeness (QED) is 0.700. The molecule has 2 N–H and O–H groups in total. The van der Waals surface area contributed by atoms with Crippen LogP contribution in [-0.4, -0.2) is 49.4 Å². The maximum atomic E-state index is 12.6. The number of nitrogens with one attached hydrogen (secondary N) is 2. The van der Waals surface area contributed by atoms with Crippen LogP contribution in [0.2, 0.25) is 10.0 Å². The molecular formula is C19H29Cl2N3O2. The molecule has 2 atom stereocenters. The molecule has 0 heterocycles. The second kappa shape index (κ2) is 10.1. The summed E-state index contributed by atoms with van der Waals surface area (Å²) in [5, 5.41) is 6.45. The number of nitrogens with zero attached hydrogens (tertiary/aromatic N) is 1. The highest BCUT2D eigenvalue weighted by atomic mass is 35.5. The van der Waals surface area contributed by atoms with Crippen molar-refractivity contribution >= 4 is 35.0 Å². The van der Waals surface area contributed by atoms with Gasteiger partial charge in [-0.1, -0.05) is 50.9 Å². The number of carbonyl (C=O) groups is 2. The van der Waals surface area contributed by atoms with E-state index in [0.717, 1.165) is 0 Å². The van der Waals surface area contributed by atoms with Gasteiger partial charge in [0.25, 0.3) is 5.91 Å². The van der Waals surface area contributed by atoms with Crippen molar-refractivity contribution in [1.29, 1.82) is 0 Å². The molecule has 0 aromatic heterocycles. The first-order valence-electron chi connectivity index (χ1n) is 8.74. The number of rotatable bonds is 8. The van der Waals surface area contributed by atoms with Gasteiger partial charge in [-0.3, -0.25) is 9.59 Å². The number of likely N-dealkylation sites (N-methyl/N-ethyl adjacent to an activating group) is 1. The van der Waals surface area contributed by atoms with Crippen LogP contribution in [0.4, 0.5) is 0 Å². The number of halogens is 2. The van der Waals surface area contributed by atoms with E-state index in [2.05, 4.69) is 29.4 Å². The molecule has 0 aliphatic rings. The summed E-state index contributed by atoms with van der Waals surface area (Å²) in [6, 6.07) is 4.22. The lowest BCUT2D eigenvalue weighted by Gasteiger charge is -2.29. The summed E-state index contributed by atoms with van der Waals surface area (Å²) >= 11 is 12.0. The number of hydrogen-bond donors (Lipinski definition) is 2. The number of carbonyl (C=O) groups excluding carboxylic acids is 2. The molecule has 0 aliphatic carbocycles. The van der Waals surface area contributed by atoms with Gasteiger partial charge in [0.05, 0.1) is 10.6 Å². The van der Waals surface area contributed by atoms with E-state index >= 15 is 0 Å². The van der Waals surface area contributed by atoms with Crippen LogP contribution in [0.15, 0.2) is 18.2 Å². The third-order valence-electron chi connectivity index (χ3n) is 4.33. The van der Waals surface area contributed by atoms with Crippen LogP contribution in [0.5, 0.6) is 0 Å². The van der Waals surface area contributed by atoms with Gasteiger partial charge >= 0.3 is 0 Å². The van der Waals surface area contributed by atoms with Crippen molar-refractivity contribution in [3.05, 3.63) is 33.8 Å². The van der Waals surface area contributed by atoms with Crippen LogP contribution < -0.4 is 10.6 Å². The van der Waals surface area contributed by atoms with Gasteiger partial charge in [0, 0.05) is 17.6 Å². The van der Waals surface area contributed by atoms with Crippen molar-refractivity contribution in [1.82, 2.24) is 15.5 Å². The van der Waals surface area contributed by atoms with Crippen LogP contribution >= 0.6 is 23.2 Å². The van der Waals surface area contributed by atoms with Crippen molar-refractivity contribution in [3.8, 4) is 0 Å². The Balaban J connectivity index is 2.81. The van der Waals surface area contributed by atoms with Gasteiger partial charge in [-0.2, -0.15) is 0 Å². The third-order valence-corrected chi connectivity index (χ3v) is 4.88. The maximum absolute atomic E-state index is 12.6. The van der Waals surface area contributed by atoms with Gasteiger partial charge in [-0.15, -0.1) is 0 Å². The second-order valence-corrected chi connectivity index (χ2v) is 8.18. The summed E-state index contributed by atoms with van der Waals surface area (Å²) in [4.78, 5) is 27.3. The Bertz CT molecular complexity index is 625. The minimum atomic E-state index is -0.649. The molecule has 1 aromatic rings. The van der Waals surface area contributed by atoms with Gasteiger partial charge in [0.1, 0.15) is 6.04 Å². The van der Waals surface area contributed by atoms with Gasteiger partial charge in [-0.05, 0) is 44.1 Å². The Kier molecular flexibility index (Phi) is 8.87. The Morgan fingerprint density at radius 3 is 2.15 bits per heavy atom. The molecule has 2 unspecified atom stereocenters. The second-order valence-electron chi connectivity index (χ2n) is 7.34. The summed E-state index contributed by atoms with van der Waals surface area (Å²) in [6.07, 6.45) is 0. The molecule has 0 saturated carbocycles. The lowest BCUT2D eigenvalue weighted by atomic mass is 10.0. The molecule has 26 heavy (non-hydrogen) atoms. The molecule has 0 aliphatic heterocycles. The van der Waals surface area contributed by atoms with Crippen LogP contribution in [0, 0.1) is 11.8 Å². The Labute approximate surface area is 166 Å². The average molecular weight is 402 g/mol. The molecule has 7 heteroatoms. The summed E-state index contributed by atoms with van der Waals surface area (Å²) < 4.78 is 0. The molecule has 146 valence electrons. The maximum Gasteiger partial charge on any atom is 0.253 e. The van der Waals surface area contributed by atoms with Gasteiger partial charge < -0.3 is 15.5 Å². The normalized spacial score (nSPS) is 13.8. The van der Waals surface area contributed by atoms with E-state index in [1.54, 1.807) is 12.1 Å². The van der Waals surface area contributed by atoms with E-state index in [9.17, 15) is 9.59 Å². The van der Waals surface area contributed by atoms with Crippen molar-refractivity contribution in [3.63, 3.8) is 0 Å². The molecule has 5 nitrogen and oxygen atoms in total. The fourth-order valence-corrected chi connectivity index (χ4v) is 3.25. The predicted octanol–water partition coefficient (Wildman–Crippen LogP) is 3.45. The minimum absolute atomic E-state index is 0.0677. The highest BCUT2D eigenvalue weighted by molar-refractivity contribution is 6.36. The zero-order valence-corrected chi connectivity index (χ0v) is 17.8. The van der Waals surface area contributed by atoms with Crippen LogP contribution in [0.25, 0.3) is 0 Å². The molecule has 0 bridgehead atoms. The Morgan fingerprint density at radius 2 is 1.69 bits per heavy atom.